The molecule has 1 nitrogen and oxygen atoms in total. The highest BCUT2D eigenvalue weighted by molar-refractivity contribution is 7.90. The summed E-state index contributed by atoms with van der Waals surface area (Å²) in [6.45, 7) is 3.83. The van der Waals surface area contributed by atoms with E-state index in [1.807, 2.05) is 26.0 Å². The highest BCUT2D eigenvalue weighted by Crippen LogP contribution is 2.26. The van der Waals surface area contributed by atoms with E-state index < -0.39 is 10.8 Å². The van der Waals surface area contributed by atoms with Gasteiger partial charge in [-0.15, -0.1) is 0 Å². The van der Waals surface area contributed by atoms with Gasteiger partial charge in [-0.1, -0.05) is 64.1 Å². The highest BCUT2D eigenvalue weighted by atomic mass is 35.5. The van der Waals surface area contributed by atoms with Crippen molar-refractivity contribution in [2.75, 3.05) is 0 Å². The Hall–Kier alpha value is 0.01000. The number of hydrogen-bond acceptors (Lipinski definition) is 1. The summed E-state index contributed by atoms with van der Waals surface area (Å²) in [5, 5.41) is 0.0569. The lowest BCUT2D eigenvalue weighted by atomic mass is 10.2. The highest BCUT2D eigenvalue weighted by Gasteiger charge is 2.12. The van der Waals surface area contributed by atoms with Gasteiger partial charge in [-0.05, 0) is 31.6 Å². The van der Waals surface area contributed by atoms with Gasteiger partial charge in [0.2, 0.25) is 0 Å². The average Bonchev–Trinajstić information content (AvgIpc) is 2.27. The van der Waals surface area contributed by atoms with Crippen LogP contribution in [0.4, 0.5) is 0 Å². The first kappa shape index (κ1) is 16.1. The molecule has 0 N–H and O–H groups in total. The van der Waals surface area contributed by atoms with E-state index in [2.05, 4.69) is 0 Å². The molecule has 1 aromatic rings. The van der Waals surface area contributed by atoms with Gasteiger partial charge < -0.3 is 0 Å². The second kappa shape index (κ2) is 6.97. The van der Waals surface area contributed by atoms with Gasteiger partial charge in [-0.3, -0.25) is 0 Å². The molecule has 18 heavy (non-hydrogen) atoms. The van der Waals surface area contributed by atoms with Crippen LogP contribution in [0, 0.1) is 13.8 Å². The molecule has 0 saturated heterocycles. The minimum atomic E-state index is -1.49. The van der Waals surface area contributed by atoms with Crippen LogP contribution >= 0.6 is 46.4 Å². The number of hydrogen-bond donors (Lipinski definition) is 0. The van der Waals surface area contributed by atoms with Crippen LogP contribution in [0.5, 0.6) is 0 Å². The minimum Gasteiger partial charge on any atom is -0.248 e. The first-order valence-electron chi connectivity index (χ1n) is 4.90. The number of halogens is 4. The molecule has 1 unspecified atom stereocenters. The van der Waals surface area contributed by atoms with Crippen molar-refractivity contribution < 1.29 is 4.21 Å². The maximum atomic E-state index is 12.2. The Morgan fingerprint density at radius 3 is 2.28 bits per heavy atom. The largest absolute Gasteiger partial charge is 0.248 e. The summed E-state index contributed by atoms with van der Waals surface area (Å²) in [4.78, 5) is 0.636. The molecule has 1 rings (SSSR count). The van der Waals surface area contributed by atoms with Crippen molar-refractivity contribution in [2.24, 2.45) is 0 Å². The van der Waals surface area contributed by atoms with Crippen molar-refractivity contribution in [3.05, 3.63) is 49.3 Å². The molecule has 0 aliphatic heterocycles. The SMILES string of the molecule is Cc1ccc(S(=O)C(Cl)=CC(Cl)=C(Cl)Cl)c(C)c1. The maximum Gasteiger partial charge on any atom is 0.125 e. The molecule has 98 valence electrons. The molecular weight excluding hydrogens is 334 g/mol. The standard InChI is InChI=1S/C12H10Cl4OS/c1-7-3-4-10(8(2)5-7)18(17)11(14)6-9(13)12(15)16/h3-6H,1-2H3. The van der Waals surface area contributed by atoms with Gasteiger partial charge in [0.25, 0.3) is 0 Å². The Morgan fingerprint density at radius 1 is 1.17 bits per heavy atom. The summed E-state index contributed by atoms with van der Waals surface area (Å²) in [6.07, 6.45) is 1.29. The van der Waals surface area contributed by atoms with Crippen LogP contribution in [0.25, 0.3) is 0 Å². The second-order valence-corrected chi connectivity index (χ2v) is 7.00. The lowest BCUT2D eigenvalue weighted by Gasteiger charge is -2.06. The zero-order chi connectivity index (χ0) is 13.9. The molecule has 0 heterocycles. The Balaban J connectivity index is 3.12. The molecule has 0 fully saturated rings. The monoisotopic (exact) mass is 342 g/mol. The second-order valence-electron chi connectivity index (χ2n) is 3.59. The van der Waals surface area contributed by atoms with Crippen LogP contribution in [-0.2, 0) is 10.8 Å². The summed E-state index contributed by atoms with van der Waals surface area (Å²) >= 11 is 22.6. The molecular formula is C12H10Cl4OS. The molecule has 1 aromatic carbocycles. The molecule has 0 bridgehead atoms. The first-order valence-corrected chi connectivity index (χ1v) is 7.56. The van der Waals surface area contributed by atoms with E-state index in [9.17, 15) is 4.21 Å². The Kier molecular flexibility index (Phi) is 6.22. The normalized spacial score (nSPS) is 13.3. The molecule has 6 heteroatoms. The Bertz CT molecular complexity index is 545. The predicted octanol–water partition coefficient (Wildman–Crippen LogP) is 5.38. The lowest BCUT2D eigenvalue weighted by Crippen LogP contribution is -1.95. The summed E-state index contributed by atoms with van der Waals surface area (Å²) in [5.41, 5.74) is 1.99. The topological polar surface area (TPSA) is 17.1 Å². The fourth-order valence-corrected chi connectivity index (χ4v) is 3.00. The van der Waals surface area contributed by atoms with E-state index in [0.717, 1.165) is 11.1 Å². The van der Waals surface area contributed by atoms with Crippen LogP contribution in [0.15, 0.2) is 43.1 Å². The fraction of sp³-hybridized carbons (Fsp3) is 0.167. The quantitative estimate of drug-likeness (QED) is 0.673. The third-order valence-corrected chi connectivity index (χ3v) is 4.89. The van der Waals surface area contributed by atoms with Crippen LogP contribution in [0.2, 0.25) is 0 Å². The third kappa shape index (κ3) is 4.29. The minimum absolute atomic E-state index is 0.0569. The molecule has 0 spiro atoms. The van der Waals surface area contributed by atoms with Crippen molar-refractivity contribution in [3.8, 4) is 0 Å². The molecule has 0 amide bonds. The Labute approximate surface area is 129 Å². The third-order valence-electron chi connectivity index (χ3n) is 2.13. The van der Waals surface area contributed by atoms with Gasteiger partial charge in [-0.25, -0.2) is 4.21 Å². The van der Waals surface area contributed by atoms with E-state index in [0.29, 0.717) is 4.90 Å². The molecule has 0 aliphatic rings. The summed E-state index contributed by atoms with van der Waals surface area (Å²) in [6, 6.07) is 5.58. The zero-order valence-electron chi connectivity index (χ0n) is 9.64. The first-order chi connectivity index (χ1) is 8.32. The van der Waals surface area contributed by atoms with Crippen LogP contribution in [0.1, 0.15) is 11.1 Å². The maximum absolute atomic E-state index is 12.2. The number of rotatable bonds is 3. The van der Waals surface area contributed by atoms with Crippen LogP contribution in [0.3, 0.4) is 0 Å². The smallest absolute Gasteiger partial charge is 0.125 e. The fourth-order valence-electron chi connectivity index (χ4n) is 1.32. The van der Waals surface area contributed by atoms with E-state index >= 15 is 0 Å². The van der Waals surface area contributed by atoms with E-state index in [-0.39, 0.29) is 13.9 Å². The van der Waals surface area contributed by atoms with E-state index in [1.165, 1.54) is 6.08 Å². The Morgan fingerprint density at radius 2 is 1.78 bits per heavy atom. The van der Waals surface area contributed by atoms with Gasteiger partial charge in [0.05, 0.1) is 15.8 Å². The lowest BCUT2D eigenvalue weighted by molar-refractivity contribution is 0.687. The van der Waals surface area contributed by atoms with E-state index in [4.69, 9.17) is 46.4 Å². The van der Waals surface area contributed by atoms with Crippen molar-refractivity contribution in [3.63, 3.8) is 0 Å². The molecule has 1 atom stereocenters. The van der Waals surface area contributed by atoms with Crippen molar-refractivity contribution in [1.29, 1.82) is 0 Å². The van der Waals surface area contributed by atoms with Gasteiger partial charge in [-0.2, -0.15) is 0 Å². The number of allylic oxidation sites excluding steroid dienone is 2. The summed E-state index contributed by atoms with van der Waals surface area (Å²) < 4.78 is 12.1. The van der Waals surface area contributed by atoms with Crippen LogP contribution in [-0.4, -0.2) is 4.21 Å². The van der Waals surface area contributed by atoms with Gasteiger partial charge >= 0.3 is 0 Å². The average molecular weight is 344 g/mol. The predicted molar refractivity (Wildman–Crippen MR) is 80.8 cm³/mol. The van der Waals surface area contributed by atoms with Crippen molar-refractivity contribution in [2.45, 2.75) is 18.7 Å². The molecule has 0 aromatic heterocycles. The van der Waals surface area contributed by atoms with Gasteiger partial charge in [0.1, 0.15) is 8.86 Å². The number of benzene rings is 1. The summed E-state index contributed by atoms with van der Waals surface area (Å²) in [5.74, 6) is 0. The van der Waals surface area contributed by atoms with E-state index in [1.54, 1.807) is 6.07 Å². The zero-order valence-corrected chi connectivity index (χ0v) is 13.5. The number of aryl methyl sites for hydroxylation is 2. The van der Waals surface area contributed by atoms with Crippen molar-refractivity contribution >= 4 is 57.2 Å². The van der Waals surface area contributed by atoms with Gasteiger partial charge in [0, 0.05) is 4.90 Å². The van der Waals surface area contributed by atoms with Crippen LogP contribution < -0.4 is 0 Å². The molecule has 0 saturated carbocycles. The summed E-state index contributed by atoms with van der Waals surface area (Å²) in [7, 11) is -1.49. The molecule has 0 radical (unpaired) electrons. The van der Waals surface area contributed by atoms with Crippen molar-refractivity contribution in [1.82, 2.24) is 0 Å². The van der Waals surface area contributed by atoms with Gasteiger partial charge in [0.15, 0.2) is 0 Å². The molecule has 0 aliphatic carbocycles.